The maximum atomic E-state index is 12.9. The van der Waals surface area contributed by atoms with Crippen molar-refractivity contribution in [1.29, 1.82) is 0 Å². The van der Waals surface area contributed by atoms with Crippen molar-refractivity contribution in [1.82, 2.24) is 4.98 Å². The molecule has 0 spiro atoms. The molecule has 122 valence electrons. The van der Waals surface area contributed by atoms with Gasteiger partial charge in [-0.25, -0.2) is 12.8 Å². The highest BCUT2D eigenvalue weighted by molar-refractivity contribution is 7.92. The second-order valence-corrected chi connectivity index (χ2v) is 7.01. The van der Waals surface area contributed by atoms with Crippen molar-refractivity contribution in [3.8, 4) is 11.1 Å². The van der Waals surface area contributed by atoms with Crippen LogP contribution in [-0.2, 0) is 10.0 Å². The van der Waals surface area contributed by atoms with E-state index >= 15 is 0 Å². The highest BCUT2D eigenvalue weighted by Crippen LogP contribution is 2.24. The van der Waals surface area contributed by atoms with Crippen LogP contribution >= 0.6 is 0 Å². The fourth-order valence-corrected chi connectivity index (χ4v) is 3.37. The van der Waals surface area contributed by atoms with Crippen LogP contribution in [0.1, 0.15) is 5.56 Å². The molecule has 0 atom stereocenters. The number of benzene rings is 2. The van der Waals surface area contributed by atoms with Crippen LogP contribution in [0.25, 0.3) is 11.1 Å². The van der Waals surface area contributed by atoms with Gasteiger partial charge in [-0.1, -0.05) is 12.1 Å². The molecule has 1 heterocycles. The van der Waals surface area contributed by atoms with Crippen molar-refractivity contribution >= 4 is 15.7 Å². The molecule has 0 saturated carbocycles. The zero-order chi connectivity index (χ0) is 17.2. The number of nitrogens with one attached hydrogen (secondary N) is 1. The third-order valence-electron chi connectivity index (χ3n) is 3.61. The van der Waals surface area contributed by atoms with Gasteiger partial charge in [-0.3, -0.25) is 9.71 Å². The van der Waals surface area contributed by atoms with Crippen LogP contribution in [0.5, 0.6) is 0 Å². The third-order valence-corrected chi connectivity index (χ3v) is 5.01. The van der Waals surface area contributed by atoms with Crippen molar-refractivity contribution in [2.24, 2.45) is 0 Å². The summed E-state index contributed by atoms with van der Waals surface area (Å²) in [4.78, 5) is 4.12. The summed E-state index contributed by atoms with van der Waals surface area (Å²) < 4.78 is 40.0. The van der Waals surface area contributed by atoms with Gasteiger partial charge in [0.15, 0.2) is 0 Å². The zero-order valence-electron chi connectivity index (χ0n) is 12.9. The molecular weight excluding hydrogens is 327 g/mol. The van der Waals surface area contributed by atoms with Crippen LogP contribution in [0, 0.1) is 12.7 Å². The van der Waals surface area contributed by atoms with Gasteiger partial charge in [-0.15, -0.1) is 0 Å². The van der Waals surface area contributed by atoms with E-state index in [9.17, 15) is 12.8 Å². The Morgan fingerprint density at radius 1 is 0.958 bits per heavy atom. The number of pyridine rings is 1. The number of halogens is 1. The van der Waals surface area contributed by atoms with Crippen LogP contribution < -0.4 is 4.72 Å². The van der Waals surface area contributed by atoms with Gasteiger partial charge < -0.3 is 0 Å². The SMILES string of the molecule is Cc1ccncc1-c1ccc(NS(=O)(=O)c2ccc(F)cc2)cc1. The average molecular weight is 342 g/mol. The molecule has 3 aromatic rings. The highest BCUT2D eigenvalue weighted by atomic mass is 32.2. The summed E-state index contributed by atoms with van der Waals surface area (Å²) in [5.74, 6) is -0.481. The molecule has 0 saturated heterocycles. The first kappa shape index (κ1) is 16.1. The van der Waals surface area contributed by atoms with Crippen LogP contribution in [0.2, 0.25) is 0 Å². The topological polar surface area (TPSA) is 59.1 Å². The lowest BCUT2D eigenvalue weighted by Gasteiger charge is -2.10. The Kier molecular flexibility index (Phi) is 4.31. The third kappa shape index (κ3) is 3.44. The van der Waals surface area contributed by atoms with Crippen molar-refractivity contribution in [2.45, 2.75) is 11.8 Å². The van der Waals surface area contributed by atoms with Crippen LogP contribution in [0.15, 0.2) is 71.9 Å². The Labute approximate surface area is 140 Å². The van der Waals surface area contributed by atoms with E-state index in [1.165, 1.54) is 12.1 Å². The number of aromatic nitrogens is 1. The molecule has 1 N–H and O–H groups in total. The van der Waals surface area contributed by atoms with Crippen LogP contribution in [-0.4, -0.2) is 13.4 Å². The molecule has 0 bridgehead atoms. The Hall–Kier alpha value is -2.73. The number of nitrogens with zero attached hydrogens (tertiary/aromatic N) is 1. The van der Waals surface area contributed by atoms with Gasteiger partial charge in [0.1, 0.15) is 5.82 Å². The molecule has 0 fully saturated rings. The number of sulfonamides is 1. The van der Waals surface area contributed by atoms with E-state index < -0.39 is 15.8 Å². The molecule has 3 rings (SSSR count). The first-order chi connectivity index (χ1) is 11.5. The summed E-state index contributed by atoms with van der Waals surface area (Å²) in [6.45, 7) is 1.99. The predicted octanol–water partition coefficient (Wildman–Crippen LogP) is 4.00. The number of aryl methyl sites for hydroxylation is 1. The molecule has 2 aromatic carbocycles. The number of hydrogen-bond acceptors (Lipinski definition) is 3. The second kappa shape index (κ2) is 6.41. The van der Waals surface area contributed by atoms with E-state index in [-0.39, 0.29) is 4.90 Å². The van der Waals surface area contributed by atoms with E-state index in [1.54, 1.807) is 24.5 Å². The summed E-state index contributed by atoms with van der Waals surface area (Å²) in [5, 5.41) is 0. The van der Waals surface area contributed by atoms with Gasteiger partial charge in [0, 0.05) is 23.6 Å². The maximum absolute atomic E-state index is 12.9. The van der Waals surface area contributed by atoms with E-state index in [0.29, 0.717) is 5.69 Å². The molecule has 0 aliphatic rings. The highest BCUT2D eigenvalue weighted by Gasteiger charge is 2.14. The van der Waals surface area contributed by atoms with E-state index in [1.807, 2.05) is 25.1 Å². The molecule has 0 aliphatic carbocycles. The van der Waals surface area contributed by atoms with Crippen LogP contribution in [0.3, 0.4) is 0 Å². The second-order valence-electron chi connectivity index (χ2n) is 5.33. The van der Waals surface area contributed by atoms with Crippen LogP contribution in [0.4, 0.5) is 10.1 Å². The summed E-state index contributed by atoms with van der Waals surface area (Å²) in [7, 11) is -3.74. The lowest BCUT2D eigenvalue weighted by atomic mass is 10.0. The average Bonchev–Trinajstić information content (AvgIpc) is 2.56. The Morgan fingerprint density at radius 2 is 1.62 bits per heavy atom. The molecule has 6 heteroatoms. The van der Waals surface area contributed by atoms with Crippen molar-refractivity contribution < 1.29 is 12.8 Å². The standard InChI is InChI=1S/C18H15FN2O2S/c1-13-10-11-20-12-18(13)14-2-6-16(7-3-14)21-24(22,23)17-8-4-15(19)5-9-17/h2-12,21H,1H3. The first-order valence-electron chi connectivity index (χ1n) is 7.25. The first-order valence-corrected chi connectivity index (χ1v) is 8.73. The smallest absolute Gasteiger partial charge is 0.261 e. The van der Waals surface area contributed by atoms with Gasteiger partial charge in [-0.2, -0.15) is 0 Å². The van der Waals surface area contributed by atoms with Gasteiger partial charge in [-0.05, 0) is 60.5 Å². The van der Waals surface area contributed by atoms with Crippen molar-refractivity contribution in [3.63, 3.8) is 0 Å². The molecule has 0 unspecified atom stereocenters. The summed E-state index contributed by atoms with van der Waals surface area (Å²) in [6.07, 6.45) is 3.50. The molecule has 0 radical (unpaired) electrons. The fraction of sp³-hybridized carbons (Fsp3) is 0.0556. The minimum atomic E-state index is -3.74. The largest absolute Gasteiger partial charge is 0.280 e. The van der Waals surface area contributed by atoms with Gasteiger partial charge >= 0.3 is 0 Å². The lowest BCUT2D eigenvalue weighted by molar-refractivity contribution is 0.599. The van der Waals surface area contributed by atoms with E-state index in [4.69, 9.17) is 0 Å². The predicted molar refractivity (Wildman–Crippen MR) is 91.6 cm³/mol. The minimum absolute atomic E-state index is 0.0103. The monoisotopic (exact) mass is 342 g/mol. The summed E-state index contributed by atoms with van der Waals surface area (Å²) in [5.41, 5.74) is 3.46. The molecule has 4 nitrogen and oxygen atoms in total. The minimum Gasteiger partial charge on any atom is -0.280 e. The van der Waals surface area contributed by atoms with Gasteiger partial charge in [0.05, 0.1) is 4.90 Å². The summed E-state index contributed by atoms with van der Waals surface area (Å²) >= 11 is 0. The molecule has 0 amide bonds. The van der Waals surface area contributed by atoms with Gasteiger partial charge in [0.25, 0.3) is 10.0 Å². The fourth-order valence-electron chi connectivity index (χ4n) is 2.31. The van der Waals surface area contributed by atoms with E-state index in [0.717, 1.165) is 28.8 Å². The Bertz CT molecular complexity index is 953. The molecule has 0 aliphatic heterocycles. The number of hydrogen-bond donors (Lipinski definition) is 1. The number of rotatable bonds is 4. The maximum Gasteiger partial charge on any atom is 0.261 e. The zero-order valence-corrected chi connectivity index (χ0v) is 13.7. The van der Waals surface area contributed by atoms with Crippen molar-refractivity contribution in [3.05, 3.63) is 78.4 Å². The van der Waals surface area contributed by atoms with Gasteiger partial charge in [0.2, 0.25) is 0 Å². The van der Waals surface area contributed by atoms with Crippen molar-refractivity contribution in [2.75, 3.05) is 4.72 Å². The molecule has 24 heavy (non-hydrogen) atoms. The molecule has 1 aromatic heterocycles. The lowest BCUT2D eigenvalue weighted by Crippen LogP contribution is -2.12. The number of anilines is 1. The Morgan fingerprint density at radius 3 is 2.25 bits per heavy atom. The normalized spacial score (nSPS) is 11.2. The van der Waals surface area contributed by atoms with E-state index in [2.05, 4.69) is 9.71 Å². The quantitative estimate of drug-likeness (QED) is 0.780. The Balaban J connectivity index is 1.84. The summed E-state index contributed by atoms with van der Waals surface area (Å²) in [6, 6.07) is 13.6. The molecular formula is C18H15FN2O2S.